The van der Waals surface area contributed by atoms with Gasteiger partial charge in [-0.3, -0.25) is 0 Å². The summed E-state index contributed by atoms with van der Waals surface area (Å²) in [6.45, 7) is 0. The maximum Gasteiger partial charge on any atom is 0.209 e. The van der Waals surface area contributed by atoms with Crippen LogP contribution < -0.4 is 14.2 Å². The number of ether oxygens (including phenoxy) is 3. The molecule has 0 unspecified atom stereocenters. The van der Waals surface area contributed by atoms with Crippen LogP contribution in [0.5, 0.6) is 17.2 Å². The largest absolute Gasteiger partial charge is 0.490 e. The molecule has 3 nitrogen and oxygen atoms in total. The highest BCUT2D eigenvalue weighted by Crippen LogP contribution is 2.40. The molecule has 0 heterocycles. The maximum absolute atomic E-state index is 13.1. The Morgan fingerprint density at radius 1 is 0.786 bits per heavy atom. The second-order valence-corrected chi connectivity index (χ2v) is 2.35. The molecule has 0 atom stereocenters. The lowest BCUT2D eigenvalue weighted by atomic mass is 10.2. The van der Waals surface area contributed by atoms with Crippen molar-refractivity contribution in [3.8, 4) is 17.2 Å². The van der Waals surface area contributed by atoms with Crippen molar-refractivity contribution in [2.75, 3.05) is 21.3 Å². The average Bonchev–Trinajstić information content (AvgIpc) is 2.16. The summed E-state index contributed by atoms with van der Waals surface area (Å²) in [7, 11) is 3.75. The first-order valence-corrected chi connectivity index (χ1v) is 3.72. The van der Waals surface area contributed by atoms with Gasteiger partial charge in [-0.25, -0.2) is 8.78 Å². The number of benzene rings is 1. The highest BCUT2D eigenvalue weighted by atomic mass is 19.1. The Labute approximate surface area is 80.2 Å². The van der Waals surface area contributed by atoms with Gasteiger partial charge in [0, 0.05) is 0 Å². The van der Waals surface area contributed by atoms with Crippen LogP contribution in [0.2, 0.25) is 0 Å². The van der Waals surface area contributed by atoms with Gasteiger partial charge in [0.15, 0.2) is 11.6 Å². The molecule has 0 aliphatic carbocycles. The van der Waals surface area contributed by atoms with Crippen LogP contribution in [0, 0.1) is 17.7 Å². The molecule has 0 bridgehead atoms. The van der Waals surface area contributed by atoms with Gasteiger partial charge in [0.2, 0.25) is 17.2 Å². The first kappa shape index (κ1) is 10.6. The van der Waals surface area contributed by atoms with E-state index in [9.17, 15) is 8.78 Å². The molecular formula is C9H9F2O3. The standard InChI is InChI=1S/C9H9F2O3/c1-12-7-5(10)4-6(11)8(13-2)9(7)14-3/h1-3H3. The molecular weight excluding hydrogens is 194 g/mol. The smallest absolute Gasteiger partial charge is 0.209 e. The van der Waals surface area contributed by atoms with Crippen molar-refractivity contribution in [1.29, 1.82) is 0 Å². The average molecular weight is 203 g/mol. The number of rotatable bonds is 3. The normalized spacial score (nSPS) is 9.79. The molecule has 0 fully saturated rings. The topological polar surface area (TPSA) is 27.7 Å². The molecule has 77 valence electrons. The first-order chi connectivity index (χ1) is 6.65. The minimum Gasteiger partial charge on any atom is -0.490 e. The Bertz CT molecular complexity index is 311. The van der Waals surface area contributed by atoms with Gasteiger partial charge in [0.05, 0.1) is 27.4 Å². The van der Waals surface area contributed by atoms with Crippen molar-refractivity contribution in [3.05, 3.63) is 17.7 Å². The van der Waals surface area contributed by atoms with E-state index in [1.165, 1.54) is 21.3 Å². The van der Waals surface area contributed by atoms with E-state index < -0.39 is 11.6 Å². The van der Waals surface area contributed by atoms with E-state index in [2.05, 4.69) is 9.47 Å². The van der Waals surface area contributed by atoms with E-state index >= 15 is 0 Å². The summed E-state index contributed by atoms with van der Waals surface area (Å²) in [5, 5.41) is 0. The van der Waals surface area contributed by atoms with Crippen LogP contribution in [0.4, 0.5) is 8.78 Å². The minimum atomic E-state index is -0.956. The lowest BCUT2D eigenvalue weighted by molar-refractivity contribution is 0.300. The molecule has 0 aliphatic rings. The quantitative estimate of drug-likeness (QED) is 0.749. The van der Waals surface area contributed by atoms with Gasteiger partial charge in [-0.15, -0.1) is 0 Å². The van der Waals surface area contributed by atoms with E-state index in [0.717, 1.165) is 0 Å². The van der Waals surface area contributed by atoms with Gasteiger partial charge in [0.1, 0.15) is 0 Å². The Kier molecular flexibility index (Phi) is 3.11. The van der Waals surface area contributed by atoms with Gasteiger partial charge in [0.25, 0.3) is 0 Å². The van der Waals surface area contributed by atoms with Crippen LogP contribution in [-0.2, 0) is 0 Å². The van der Waals surface area contributed by atoms with Crippen LogP contribution in [-0.4, -0.2) is 21.3 Å². The predicted octanol–water partition coefficient (Wildman–Crippen LogP) is 1.79. The SMILES string of the molecule is COc1c(F)[c]c(F)c(OC)c1OC. The molecule has 0 aliphatic heterocycles. The van der Waals surface area contributed by atoms with Gasteiger partial charge in [-0.2, -0.15) is 0 Å². The second kappa shape index (κ2) is 4.13. The van der Waals surface area contributed by atoms with Crippen molar-refractivity contribution < 1.29 is 23.0 Å². The van der Waals surface area contributed by atoms with E-state index in [-0.39, 0.29) is 17.2 Å². The fourth-order valence-corrected chi connectivity index (χ4v) is 1.06. The lowest BCUT2D eigenvalue weighted by Gasteiger charge is -2.12. The van der Waals surface area contributed by atoms with Crippen LogP contribution in [0.3, 0.4) is 0 Å². The Morgan fingerprint density at radius 2 is 1.14 bits per heavy atom. The van der Waals surface area contributed by atoms with Crippen molar-refractivity contribution in [1.82, 2.24) is 0 Å². The van der Waals surface area contributed by atoms with Gasteiger partial charge in [-0.05, 0) is 0 Å². The van der Waals surface area contributed by atoms with Crippen molar-refractivity contribution in [3.63, 3.8) is 0 Å². The Morgan fingerprint density at radius 3 is 1.43 bits per heavy atom. The van der Waals surface area contributed by atoms with Crippen molar-refractivity contribution >= 4 is 0 Å². The summed E-state index contributed by atoms with van der Waals surface area (Å²) in [4.78, 5) is 0. The predicted molar refractivity (Wildman–Crippen MR) is 44.9 cm³/mol. The summed E-state index contributed by atoms with van der Waals surface area (Å²) in [6, 6.07) is 1.82. The van der Waals surface area contributed by atoms with Gasteiger partial charge >= 0.3 is 0 Å². The third kappa shape index (κ3) is 1.57. The molecule has 0 aromatic heterocycles. The molecule has 1 aromatic carbocycles. The van der Waals surface area contributed by atoms with Crippen molar-refractivity contribution in [2.45, 2.75) is 0 Å². The number of hydrogen-bond donors (Lipinski definition) is 0. The van der Waals surface area contributed by atoms with Gasteiger partial charge < -0.3 is 14.2 Å². The summed E-state index contributed by atoms with van der Waals surface area (Å²) >= 11 is 0. The molecule has 5 heteroatoms. The lowest BCUT2D eigenvalue weighted by Crippen LogP contribution is -2.00. The molecule has 1 aromatic rings. The first-order valence-electron chi connectivity index (χ1n) is 3.72. The molecule has 0 saturated heterocycles. The third-order valence-corrected chi connectivity index (χ3v) is 1.64. The van der Waals surface area contributed by atoms with Crippen LogP contribution in [0.25, 0.3) is 0 Å². The fraction of sp³-hybridized carbons (Fsp3) is 0.333. The molecule has 1 radical (unpaired) electrons. The summed E-state index contributed by atoms with van der Waals surface area (Å²) in [5.74, 6) is -2.49. The monoisotopic (exact) mass is 203 g/mol. The molecule has 0 amide bonds. The zero-order valence-electron chi connectivity index (χ0n) is 7.98. The molecule has 0 spiro atoms. The number of methoxy groups -OCH3 is 3. The van der Waals surface area contributed by atoms with Crippen molar-refractivity contribution in [2.24, 2.45) is 0 Å². The molecule has 14 heavy (non-hydrogen) atoms. The fourth-order valence-electron chi connectivity index (χ4n) is 1.06. The molecule has 1 rings (SSSR count). The zero-order chi connectivity index (χ0) is 10.7. The minimum absolute atomic E-state index is 0.122. The highest BCUT2D eigenvalue weighted by molar-refractivity contribution is 5.52. The van der Waals surface area contributed by atoms with Crippen LogP contribution in [0.15, 0.2) is 0 Å². The molecule has 0 saturated carbocycles. The Hall–Kier alpha value is -1.52. The second-order valence-electron chi connectivity index (χ2n) is 2.35. The van der Waals surface area contributed by atoms with Crippen LogP contribution in [0.1, 0.15) is 0 Å². The summed E-state index contributed by atoms with van der Waals surface area (Å²) < 4.78 is 40.3. The zero-order valence-corrected chi connectivity index (χ0v) is 7.98. The number of hydrogen-bond acceptors (Lipinski definition) is 3. The van der Waals surface area contributed by atoms with E-state index in [1.54, 1.807) is 0 Å². The maximum atomic E-state index is 13.1. The van der Waals surface area contributed by atoms with Gasteiger partial charge in [-0.1, -0.05) is 0 Å². The molecule has 0 N–H and O–H groups in total. The van der Waals surface area contributed by atoms with E-state index in [4.69, 9.17) is 4.74 Å². The Balaban J connectivity index is 3.43. The summed E-state index contributed by atoms with van der Waals surface area (Å²) in [6.07, 6.45) is 0. The van der Waals surface area contributed by atoms with Crippen LogP contribution >= 0.6 is 0 Å². The third-order valence-electron chi connectivity index (χ3n) is 1.64. The number of halogens is 2. The van der Waals surface area contributed by atoms with E-state index in [0.29, 0.717) is 0 Å². The summed E-state index contributed by atoms with van der Waals surface area (Å²) in [5.41, 5.74) is 0. The van der Waals surface area contributed by atoms with E-state index in [1.807, 2.05) is 6.07 Å². The highest BCUT2D eigenvalue weighted by Gasteiger charge is 2.21.